The van der Waals surface area contributed by atoms with E-state index in [9.17, 15) is 0 Å². The summed E-state index contributed by atoms with van der Waals surface area (Å²) in [7, 11) is 3.94. The lowest BCUT2D eigenvalue weighted by Crippen LogP contribution is -2.17. The van der Waals surface area contributed by atoms with Crippen molar-refractivity contribution in [1.29, 1.82) is 0 Å². The average molecular weight is 327 g/mol. The molecule has 0 unspecified atom stereocenters. The molecule has 2 rings (SSSR count). The topological polar surface area (TPSA) is 41.1 Å². The van der Waals surface area contributed by atoms with Gasteiger partial charge in [-0.25, -0.2) is 0 Å². The molecule has 0 amide bonds. The normalized spacial score (nSPS) is 10.9. The van der Waals surface area contributed by atoms with Gasteiger partial charge in [0.1, 0.15) is 5.01 Å². The van der Waals surface area contributed by atoms with Gasteiger partial charge < -0.3 is 5.32 Å². The quantitative estimate of drug-likeness (QED) is 0.917. The van der Waals surface area contributed by atoms with Crippen LogP contribution in [0.15, 0.2) is 28.7 Å². The Balaban J connectivity index is 1.91. The van der Waals surface area contributed by atoms with Gasteiger partial charge >= 0.3 is 0 Å². The number of halogens is 1. The van der Waals surface area contributed by atoms with E-state index in [1.54, 1.807) is 11.3 Å². The lowest BCUT2D eigenvalue weighted by molar-refractivity contribution is 0.317. The number of benzene rings is 1. The number of aromatic nitrogens is 2. The van der Waals surface area contributed by atoms with Gasteiger partial charge in [-0.1, -0.05) is 39.4 Å². The summed E-state index contributed by atoms with van der Waals surface area (Å²) in [6.45, 7) is 1.72. The molecule has 0 fully saturated rings. The zero-order chi connectivity index (χ0) is 13.0. The molecule has 1 N–H and O–H groups in total. The highest BCUT2D eigenvalue weighted by Crippen LogP contribution is 2.17. The van der Waals surface area contributed by atoms with Crippen LogP contribution in [0.2, 0.25) is 0 Å². The molecule has 0 aliphatic heterocycles. The second-order valence-electron chi connectivity index (χ2n) is 4.05. The molecule has 4 nitrogen and oxygen atoms in total. The summed E-state index contributed by atoms with van der Waals surface area (Å²) in [6, 6.07) is 8.37. The molecule has 0 atom stereocenters. The molecule has 0 bridgehead atoms. The van der Waals surface area contributed by atoms with Crippen LogP contribution < -0.4 is 5.32 Å². The third kappa shape index (κ3) is 3.76. The predicted octanol–water partition coefficient (Wildman–Crippen LogP) is 2.97. The SMILES string of the molecule is CNc1nnc(CN(C)Cc2ccc(Br)cc2)s1. The summed E-state index contributed by atoms with van der Waals surface area (Å²) in [5, 5.41) is 13.1. The first-order chi connectivity index (χ1) is 8.67. The van der Waals surface area contributed by atoms with E-state index in [1.807, 2.05) is 7.05 Å². The van der Waals surface area contributed by atoms with Crippen LogP contribution in [0.1, 0.15) is 10.6 Å². The van der Waals surface area contributed by atoms with Crippen molar-refractivity contribution in [3.63, 3.8) is 0 Å². The van der Waals surface area contributed by atoms with Gasteiger partial charge in [0.2, 0.25) is 5.13 Å². The minimum atomic E-state index is 0.815. The summed E-state index contributed by atoms with van der Waals surface area (Å²) >= 11 is 5.03. The molecule has 0 aliphatic rings. The number of anilines is 1. The van der Waals surface area contributed by atoms with Gasteiger partial charge in [0.05, 0.1) is 6.54 Å². The average Bonchev–Trinajstić information content (AvgIpc) is 2.79. The monoisotopic (exact) mass is 326 g/mol. The number of rotatable bonds is 5. The Morgan fingerprint density at radius 1 is 1.22 bits per heavy atom. The lowest BCUT2D eigenvalue weighted by Gasteiger charge is -2.14. The Labute approximate surface area is 119 Å². The Hall–Kier alpha value is -0.980. The fraction of sp³-hybridized carbons (Fsp3) is 0.333. The number of hydrogen-bond acceptors (Lipinski definition) is 5. The molecule has 6 heteroatoms. The molecule has 2 aromatic rings. The van der Waals surface area contributed by atoms with Gasteiger partial charge in [0.25, 0.3) is 0 Å². The molecule has 1 aromatic heterocycles. The Bertz CT molecular complexity index is 497. The van der Waals surface area contributed by atoms with Crippen LogP contribution in [0.4, 0.5) is 5.13 Å². The van der Waals surface area contributed by atoms with Gasteiger partial charge in [0.15, 0.2) is 0 Å². The Morgan fingerprint density at radius 2 is 1.94 bits per heavy atom. The smallest absolute Gasteiger partial charge is 0.205 e. The lowest BCUT2D eigenvalue weighted by atomic mass is 10.2. The standard InChI is InChI=1S/C12H15BrN4S/c1-14-12-16-15-11(18-12)8-17(2)7-9-3-5-10(13)6-4-9/h3-6H,7-8H2,1-2H3,(H,14,16). The van der Waals surface area contributed by atoms with Gasteiger partial charge in [-0.3, -0.25) is 4.90 Å². The largest absolute Gasteiger partial charge is 0.363 e. The van der Waals surface area contributed by atoms with Crippen molar-refractivity contribution in [1.82, 2.24) is 15.1 Å². The molecule has 0 spiro atoms. The molecule has 96 valence electrons. The first-order valence-electron chi connectivity index (χ1n) is 5.60. The van der Waals surface area contributed by atoms with Crippen molar-refractivity contribution in [2.45, 2.75) is 13.1 Å². The van der Waals surface area contributed by atoms with Gasteiger partial charge in [-0.15, -0.1) is 10.2 Å². The minimum absolute atomic E-state index is 0.815. The van der Waals surface area contributed by atoms with E-state index in [2.05, 4.69) is 67.7 Å². The van der Waals surface area contributed by atoms with Crippen LogP contribution in [0.3, 0.4) is 0 Å². The maximum atomic E-state index is 4.14. The molecule has 0 saturated heterocycles. The highest BCUT2D eigenvalue weighted by atomic mass is 79.9. The zero-order valence-electron chi connectivity index (χ0n) is 10.4. The minimum Gasteiger partial charge on any atom is -0.363 e. The third-order valence-electron chi connectivity index (χ3n) is 2.45. The second kappa shape index (κ2) is 6.26. The van der Waals surface area contributed by atoms with Crippen LogP contribution in [0.25, 0.3) is 0 Å². The maximum Gasteiger partial charge on any atom is 0.205 e. The maximum absolute atomic E-state index is 4.14. The van der Waals surface area contributed by atoms with E-state index in [-0.39, 0.29) is 0 Å². The predicted molar refractivity (Wildman–Crippen MR) is 78.8 cm³/mol. The van der Waals surface area contributed by atoms with Crippen LogP contribution in [0.5, 0.6) is 0 Å². The van der Waals surface area contributed by atoms with E-state index < -0.39 is 0 Å². The van der Waals surface area contributed by atoms with E-state index in [0.29, 0.717) is 0 Å². The van der Waals surface area contributed by atoms with E-state index >= 15 is 0 Å². The third-order valence-corrected chi connectivity index (χ3v) is 3.91. The summed E-state index contributed by atoms with van der Waals surface area (Å²) in [6.07, 6.45) is 0. The van der Waals surface area contributed by atoms with Crippen molar-refractivity contribution < 1.29 is 0 Å². The fourth-order valence-corrected chi connectivity index (χ4v) is 2.64. The van der Waals surface area contributed by atoms with Crippen LogP contribution >= 0.6 is 27.3 Å². The Kier molecular flexibility index (Phi) is 4.68. The summed E-state index contributed by atoms with van der Waals surface area (Å²) in [4.78, 5) is 2.23. The van der Waals surface area contributed by atoms with Crippen molar-refractivity contribution >= 4 is 32.4 Å². The molecular formula is C12H15BrN4S. The van der Waals surface area contributed by atoms with Crippen molar-refractivity contribution in [3.05, 3.63) is 39.3 Å². The van der Waals surface area contributed by atoms with E-state index in [4.69, 9.17) is 0 Å². The number of hydrogen-bond donors (Lipinski definition) is 1. The Morgan fingerprint density at radius 3 is 2.56 bits per heavy atom. The number of nitrogens with zero attached hydrogens (tertiary/aromatic N) is 3. The van der Waals surface area contributed by atoms with E-state index in [0.717, 1.165) is 27.7 Å². The summed E-state index contributed by atoms with van der Waals surface area (Å²) < 4.78 is 1.11. The molecule has 0 aliphatic carbocycles. The van der Waals surface area contributed by atoms with Gasteiger partial charge in [-0.2, -0.15) is 0 Å². The van der Waals surface area contributed by atoms with Crippen LogP contribution in [-0.4, -0.2) is 29.2 Å². The molecule has 0 radical (unpaired) electrons. The first-order valence-corrected chi connectivity index (χ1v) is 7.21. The van der Waals surface area contributed by atoms with Crippen molar-refractivity contribution in [2.24, 2.45) is 0 Å². The van der Waals surface area contributed by atoms with Crippen molar-refractivity contribution in [3.8, 4) is 0 Å². The highest BCUT2D eigenvalue weighted by molar-refractivity contribution is 9.10. The van der Waals surface area contributed by atoms with Crippen LogP contribution in [-0.2, 0) is 13.1 Å². The zero-order valence-corrected chi connectivity index (χ0v) is 12.8. The number of nitrogens with one attached hydrogen (secondary N) is 1. The van der Waals surface area contributed by atoms with Crippen LogP contribution in [0, 0.1) is 0 Å². The fourth-order valence-electron chi connectivity index (χ4n) is 1.61. The van der Waals surface area contributed by atoms with Gasteiger partial charge in [-0.05, 0) is 24.7 Å². The molecule has 18 heavy (non-hydrogen) atoms. The first kappa shape index (κ1) is 13.5. The summed E-state index contributed by atoms with van der Waals surface area (Å²) in [5.74, 6) is 0. The van der Waals surface area contributed by atoms with E-state index in [1.165, 1.54) is 5.56 Å². The molecule has 1 heterocycles. The molecular weight excluding hydrogens is 312 g/mol. The highest BCUT2D eigenvalue weighted by Gasteiger charge is 2.06. The summed E-state index contributed by atoms with van der Waals surface area (Å²) in [5.41, 5.74) is 1.29. The second-order valence-corrected chi connectivity index (χ2v) is 6.03. The van der Waals surface area contributed by atoms with Gasteiger partial charge in [0, 0.05) is 18.1 Å². The molecule has 1 aromatic carbocycles. The molecule has 0 saturated carbocycles. The van der Waals surface area contributed by atoms with Crippen molar-refractivity contribution in [2.75, 3.05) is 19.4 Å².